The molecule has 1 amide bonds. The predicted octanol–water partition coefficient (Wildman–Crippen LogP) is 2.76. The van der Waals surface area contributed by atoms with Crippen molar-refractivity contribution < 1.29 is 9.53 Å². The van der Waals surface area contributed by atoms with Crippen molar-refractivity contribution in [2.45, 2.75) is 57.7 Å². The standard InChI is InChI=1S/C14H25BrN2O2/c1-14(2,3)19-13(18)17-11-4-5-12(17)10(8-11)9-16-7-6-15/h10-12,16H,4-9H2,1-3H3. The number of hydrogen-bond donors (Lipinski definition) is 1. The van der Waals surface area contributed by atoms with Gasteiger partial charge in [0.2, 0.25) is 0 Å². The van der Waals surface area contributed by atoms with Gasteiger partial charge in [-0.25, -0.2) is 4.79 Å². The Hall–Kier alpha value is -0.290. The number of rotatable bonds is 4. The summed E-state index contributed by atoms with van der Waals surface area (Å²) in [6, 6.07) is 0.776. The quantitative estimate of drug-likeness (QED) is 0.635. The second kappa shape index (κ2) is 6.00. The third-order valence-electron chi connectivity index (χ3n) is 3.95. The molecule has 3 unspecified atom stereocenters. The molecule has 2 bridgehead atoms. The van der Waals surface area contributed by atoms with Crippen LogP contribution in [0, 0.1) is 5.92 Å². The predicted molar refractivity (Wildman–Crippen MR) is 79.7 cm³/mol. The molecule has 0 aromatic rings. The molecule has 2 aliphatic rings. The number of carbonyl (C=O) groups excluding carboxylic acids is 1. The number of halogens is 1. The molecule has 2 saturated heterocycles. The van der Waals surface area contributed by atoms with Gasteiger partial charge in [0.1, 0.15) is 5.60 Å². The lowest BCUT2D eigenvalue weighted by Crippen LogP contribution is -2.41. The molecule has 110 valence electrons. The fraction of sp³-hybridized carbons (Fsp3) is 0.929. The maximum Gasteiger partial charge on any atom is 0.410 e. The monoisotopic (exact) mass is 332 g/mol. The number of fused-ring (bicyclic) bond motifs is 2. The summed E-state index contributed by atoms with van der Waals surface area (Å²) in [5.41, 5.74) is -0.400. The zero-order valence-electron chi connectivity index (χ0n) is 12.1. The SMILES string of the molecule is CC(C)(C)OC(=O)N1C2CCC1C(CNCCBr)C2. The highest BCUT2D eigenvalue weighted by molar-refractivity contribution is 9.09. The van der Waals surface area contributed by atoms with Crippen LogP contribution in [0.25, 0.3) is 0 Å². The van der Waals surface area contributed by atoms with Gasteiger partial charge in [-0.3, -0.25) is 0 Å². The number of carbonyl (C=O) groups is 1. The number of hydrogen-bond acceptors (Lipinski definition) is 3. The Morgan fingerprint density at radius 3 is 2.79 bits per heavy atom. The van der Waals surface area contributed by atoms with Gasteiger partial charge in [-0.2, -0.15) is 0 Å². The van der Waals surface area contributed by atoms with Crippen molar-refractivity contribution in [3.8, 4) is 0 Å². The van der Waals surface area contributed by atoms with E-state index in [1.807, 2.05) is 25.7 Å². The van der Waals surface area contributed by atoms with E-state index in [1.165, 1.54) is 0 Å². The normalized spacial score (nSPS) is 29.9. The van der Waals surface area contributed by atoms with Gasteiger partial charge in [-0.1, -0.05) is 15.9 Å². The van der Waals surface area contributed by atoms with Crippen molar-refractivity contribution >= 4 is 22.0 Å². The van der Waals surface area contributed by atoms with Crippen LogP contribution >= 0.6 is 15.9 Å². The lowest BCUT2D eigenvalue weighted by atomic mass is 9.89. The molecule has 2 aliphatic heterocycles. The van der Waals surface area contributed by atoms with Crippen LogP contribution in [-0.4, -0.2) is 47.1 Å². The minimum absolute atomic E-state index is 0.122. The first kappa shape index (κ1) is 15.1. The molecule has 0 radical (unpaired) electrons. The summed E-state index contributed by atoms with van der Waals surface area (Å²) in [6.45, 7) is 7.78. The third kappa shape index (κ3) is 3.63. The summed E-state index contributed by atoms with van der Waals surface area (Å²) < 4.78 is 5.54. The van der Waals surface area contributed by atoms with Gasteiger partial charge in [0.05, 0.1) is 0 Å². The summed E-state index contributed by atoms with van der Waals surface area (Å²) in [5.74, 6) is 0.588. The smallest absolute Gasteiger partial charge is 0.410 e. The molecule has 4 nitrogen and oxygen atoms in total. The molecule has 1 N–H and O–H groups in total. The van der Waals surface area contributed by atoms with Crippen molar-refractivity contribution in [3.63, 3.8) is 0 Å². The van der Waals surface area contributed by atoms with Crippen LogP contribution in [0.15, 0.2) is 0 Å². The van der Waals surface area contributed by atoms with Gasteiger partial charge in [0.15, 0.2) is 0 Å². The van der Waals surface area contributed by atoms with Crippen molar-refractivity contribution in [2.75, 3.05) is 18.4 Å². The second-order valence-electron chi connectivity index (χ2n) is 6.58. The van der Waals surface area contributed by atoms with Crippen molar-refractivity contribution in [3.05, 3.63) is 0 Å². The first-order chi connectivity index (χ1) is 8.92. The highest BCUT2D eigenvalue weighted by Gasteiger charge is 2.49. The summed E-state index contributed by atoms with van der Waals surface area (Å²) >= 11 is 3.42. The van der Waals surface area contributed by atoms with Crippen LogP contribution in [0.3, 0.4) is 0 Å². The molecule has 2 rings (SSSR count). The Labute approximate surface area is 124 Å². The van der Waals surface area contributed by atoms with Crippen LogP contribution in [0.5, 0.6) is 0 Å². The van der Waals surface area contributed by atoms with Crippen LogP contribution in [0.2, 0.25) is 0 Å². The van der Waals surface area contributed by atoms with Gasteiger partial charge in [-0.15, -0.1) is 0 Å². The van der Waals surface area contributed by atoms with Crippen LogP contribution in [0.4, 0.5) is 4.79 Å². The number of amides is 1. The highest BCUT2D eigenvalue weighted by Crippen LogP contribution is 2.42. The molecule has 0 aliphatic carbocycles. The Morgan fingerprint density at radius 1 is 1.42 bits per heavy atom. The molecule has 19 heavy (non-hydrogen) atoms. The molecule has 5 heteroatoms. The summed E-state index contributed by atoms with van der Waals surface area (Å²) in [6.07, 6.45) is 3.27. The number of ether oxygens (including phenoxy) is 1. The van der Waals surface area contributed by atoms with Crippen molar-refractivity contribution in [1.29, 1.82) is 0 Å². The van der Waals surface area contributed by atoms with Gasteiger partial charge in [-0.05, 0) is 46.0 Å². The summed E-state index contributed by atoms with van der Waals surface area (Å²) in [5, 5.41) is 4.42. The number of alkyl halides is 1. The molecule has 0 spiro atoms. The van der Waals surface area contributed by atoms with E-state index < -0.39 is 5.60 Å². The summed E-state index contributed by atoms with van der Waals surface area (Å²) in [4.78, 5) is 14.3. The third-order valence-corrected chi connectivity index (χ3v) is 4.34. The lowest BCUT2D eigenvalue weighted by molar-refractivity contribution is 0.0205. The van der Waals surface area contributed by atoms with Crippen LogP contribution < -0.4 is 5.32 Å². The van der Waals surface area contributed by atoms with Gasteiger partial charge < -0.3 is 15.0 Å². The van der Waals surface area contributed by atoms with Gasteiger partial charge in [0, 0.05) is 30.5 Å². The van der Waals surface area contributed by atoms with Gasteiger partial charge >= 0.3 is 6.09 Å². The van der Waals surface area contributed by atoms with Crippen molar-refractivity contribution in [1.82, 2.24) is 10.2 Å². The van der Waals surface area contributed by atoms with E-state index in [1.54, 1.807) is 0 Å². The largest absolute Gasteiger partial charge is 0.444 e. The minimum atomic E-state index is -0.400. The molecule has 3 atom stereocenters. The Bertz CT molecular complexity index is 330. The zero-order chi connectivity index (χ0) is 14.0. The van der Waals surface area contributed by atoms with E-state index in [0.29, 0.717) is 18.0 Å². The minimum Gasteiger partial charge on any atom is -0.444 e. The Balaban J connectivity index is 1.91. The molecule has 2 fully saturated rings. The van der Waals surface area contributed by atoms with Crippen molar-refractivity contribution in [2.24, 2.45) is 5.92 Å². The van der Waals surface area contributed by atoms with Gasteiger partial charge in [0.25, 0.3) is 0 Å². The highest BCUT2D eigenvalue weighted by atomic mass is 79.9. The van der Waals surface area contributed by atoms with E-state index in [2.05, 4.69) is 21.2 Å². The average molecular weight is 333 g/mol. The summed E-state index contributed by atoms with van der Waals surface area (Å²) in [7, 11) is 0. The molecule has 0 aromatic carbocycles. The maximum absolute atomic E-state index is 12.3. The fourth-order valence-corrected chi connectivity index (χ4v) is 3.57. The van der Waals surface area contributed by atoms with E-state index in [4.69, 9.17) is 4.74 Å². The van der Waals surface area contributed by atoms with Crippen LogP contribution in [0.1, 0.15) is 40.0 Å². The first-order valence-electron chi connectivity index (χ1n) is 7.20. The zero-order valence-corrected chi connectivity index (χ0v) is 13.7. The maximum atomic E-state index is 12.3. The molecular weight excluding hydrogens is 308 g/mol. The van der Waals surface area contributed by atoms with E-state index >= 15 is 0 Å². The van der Waals surface area contributed by atoms with E-state index in [-0.39, 0.29) is 6.09 Å². The average Bonchev–Trinajstić information content (AvgIpc) is 2.84. The lowest BCUT2D eigenvalue weighted by Gasteiger charge is -2.28. The Morgan fingerprint density at radius 2 is 2.16 bits per heavy atom. The first-order valence-corrected chi connectivity index (χ1v) is 8.32. The van der Waals surface area contributed by atoms with Crippen LogP contribution in [-0.2, 0) is 4.74 Å². The van der Waals surface area contributed by atoms with E-state index in [0.717, 1.165) is 37.7 Å². The molecular formula is C14H25BrN2O2. The second-order valence-corrected chi connectivity index (χ2v) is 7.37. The Kier molecular flexibility index (Phi) is 4.77. The molecule has 0 saturated carbocycles. The number of nitrogens with one attached hydrogen (secondary N) is 1. The topological polar surface area (TPSA) is 41.6 Å². The van der Waals surface area contributed by atoms with E-state index in [9.17, 15) is 4.79 Å². The molecule has 2 heterocycles. The number of nitrogens with zero attached hydrogens (tertiary/aromatic N) is 1. The molecule has 0 aromatic heterocycles. The fourth-order valence-electron chi connectivity index (χ4n) is 3.29.